The van der Waals surface area contributed by atoms with Crippen LogP contribution in [-0.4, -0.2) is 15.9 Å². The highest BCUT2D eigenvalue weighted by Gasteiger charge is 2.41. The number of pyridine rings is 1. The molecule has 0 atom stereocenters. The number of nitrogens with two attached hydrogens (primary N) is 1. The number of thiocarbonyl (C=S) groups is 1. The van der Waals surface area contributed by atoms with E-state index in [1.165, 1.54) is 12.1 Å². The Morgan fingerprint density at radius 2 is 1.95 bits per heavy atom. The fourth-order valence-electron chi connectivity index (χ4n) is 2.60. The fourth-order valence-corrected chi connectivity index (χ4v) is 2.90. The third kappa shape index (κ3) is 3.12. The zero-order chi connectivity index (χ0) is 14.6. The number of nitrogens with one attached hydrogen (secondary N) is 1. The Bertz CT molecular complexity index is 496. The number of hydrogen-bond donors (Lipinski definition) is 2. The predicted molar refractivity (Wildman–Crippen MR) is 79.7 cm³/mol. The molecule has 1 aliphatic carbocycles. The van der Waals surface area contributed by atoms with Gasteiger partial charge in [0.1, 0.15) is 11.6 Å². The van der Waals surface area contributed by atoms with E-state index in [0.29, 0.717) is 18.7 Å². The molecule has 0 aliphatic heterocycles. The van der Waals surface area contributed by atoms with Crippen LogP contribution in [0.4, 0.5) is 10.2 Å². The molecular weight excluding hydrogens is 277 g/mol. The van der Waals surface area contributed by atoms with Crippen LogP contribution >= 0.6 is 12.2 Å². The van der Waals surface area contributed by atoms with Gasteiger partial charge in [-0.3, -0.25) is 4.79 Å². The van der Waals surface area contributed by atoms with Gasteiger partial charge in [-0.25, -0.2) is 9.37 Å². The molecule has 3 N–H and O–H groups in total. The molecule has 4 nitrogen and oxygen atoms in total. The van der Waals surface area contributed by atoms with Crippen molar-refractivity contribution in [2.24, 2.45) is 11.1 Å². The van der Waals surface area contributed by atoms with Crippen molar-refractivity contribution in [1.82, 2.24) is 4.98 Å². The normalized spacial score (nSPS) is 18.1. The average Bonchev–Trinajstić information content (AvgIpc) is 2.68. The highest BCUT2D eigenvalue weighted by atomic mass is 32.1. The number of anilines is 1. The first kappa shape index (κ1) is 14.8. The summed E-state index contributed by atoms with van der Waals surface area (Å²) in [5, 5.41) is 2.70. The third-order valence-electron chi connectivity index (χ3n) is 3.83. The van der Waals surface area contributed by atoms with Crippen LogP contribution in [0.5, 0.6) is 0 Å². The molecule has 20 heavy (non-hydrogen) atoms. The van der Waals surface area contributed by atoms with Crippen molar-refractivity contribution in [1.29, 1.82) is 0 Å². The molecule has 0 saturated heterocycles. The maximum Gasteiger partial charge on any atom is 0.238 e. The summed E-state index contributed by atoms with van der Waals surface area (Å²) < 4.78 is 12.8. The smallest absolute Gasteiger partial charge is 0.238 e. The van der Waals surface area contributed by atoms with Crippen LogP contribution in [0.1, 0.15) is 38.5 Å². The number of rotatable bonds is 3. The minimum atomic E-state index is -0.804. The van der Waals surface area contributed by atoms with Gasteiger partial charge < -0.3 is 11.1 Å². The van der Waals surface area contributed by atoms with Gasteiger partial charge in [-0.15, -0.1) is 0 Å². The SMILES string of the molecule is NC(=S)C1(C(=O)Nc2ccc(F)cn2)CCCCCC1. The minimum Gasteiger partial charge on any atom is -0.392 e. The molecule has 1 aromatic rings. The molecular formula is C14H18FN3OS. The second kappa shape index (κ2) is 6.26. The lowest BCUT2D eigenvalue weighted by Crippen LogP contribution is -2.45. The number of nitrogens with zero attached hydrogens (tertiary/aromatic N) is 1. The van der Waals surface area contributed by atoms with Crippen molar-refractivity contribution in [2.75, 3.05) is 5.32 Å². The Morgan fingerprint density at radius 1 is 1.30 bits per heavy atom. The first-order valence-corrected chi connectivity index (χ1v) is 7.18. The van der Waals surface area contributed by atoms with E-state index in [9.17, 15) is 9.18 Å². The largest absolute Gasteiger partial charge is 0.392 e. The first-order valence-electron chi connectivity index (χ1n) is 6.77. The highest BCUT2D eigenvalue weighted by molar-refractivity contribution is 7.80. The van der Waals surface area contributed by atoms with Crippen molar-refractivity contribution >= 4 is 28.9 Å². The number of amides is 1. The van der Waals surface area contributed by atoms with Gasteiger partial charge in [0.15, 0.2) is 0 Å². The predicted octanol–water partition coefficient (Wildman–Crippen LogP) is 2.79. The Labute approximate surface area is 123 Å². The monoisotopic (exact) mass is 295 g/mol. The molecule has 108 valence electrons. The molecule has 0 aromatic carbocycles. The van der Waals surface area contributed by atoms with Crippen molar-refractivity contribution in [3.8, 4) is 0 Å². The number of hydrogen-bond acceptors (Lipinski definition) is 3. The zero-order valence-corrected chi connectivity index (χ0v) is 12.0. The summed E-state index contributed by atoms with van der Waals surface area (Å²) in [7, 11) is 0. The molecule has 0 unspecified atom stereocenters. The van der Waals surface area contributed by atoms with Gasteiger partial charge in [-0.05, 0) is 25.0 Å². The molecule has 0 bridgehead atoms. The molecule has 1 fully saturated rings. The Balaban J connectivity index is 2.18. The van der Waals surface area contributed by atoms with Crippen LogP contribution in [0.2, 0.25) is 0 Å². The van der Waals surface area contributed by atoms with E-state index >= 15 is 0 Å². The number of carbonyl (C=O) groups excluding carboxylic acids is 1. The van der Waals surface area contributed by atoms with Gasteiger partial charge in [-0.1, -0.05) is 37.9 Å². The van der Waals surface area contributed by atoms with Gasteiger partial charge in [0.05, 0.1) is 16.6 Å². The van der Waals surface area contributed by atoms with E-state index < -0.39 is 11.2 Å². The van der Waals surface area contributed by atoms with E-state index in [1.54, 1.807) is 0 Å². The van der Waals surface area contributed by atoms with Crippen LogP contribution in [0.3, 0.4) is 0 Å². The lowest BCUT2D eigenvalue weighted by Gasteiger charge is -2.29. The summed E-state index contributed by atoms with van der Waals surface area (Å²) in [5.74, 6) is -0.358. The maximum atomic E-state index is 12.8. The van der Waals surface area contributed by atoms with Gasteiger partial charge in [0, 0.05) is 0 Å². The first-order chi connectivity index (χ1) is 9.54. The summed E-state index contributed by atoms with van der Waals surface area (Å²) in [6, 6.07) is 2.68. The van der Waals surface area contributed by atoms with Gasteiger partial charge in [0.25, 0.3) is 0 Å². The van der Waals surface area contributed by atoms with Crippen LogP contribution in [0, 0.1) is 11.2 Å². The topological polar surface area (TPSA) is 68.0 Å². The van der Waals surface area contributed by atoms with Crippen LogP contribution in [0.25, 0.3) is 0 Å². The number of halogens is 1. The van der Waals surface area contributed by atoms with E-state index in [-0.39, 0.29) is 10.9 Å². The van der Waals surface area contributed by atoms with E-state index in [4.69, 9.17) is 18.0 Å². The lowest BCUT2D eigenvalue weighted by atomic mass is 9.79. The zero-order valence-electron chi connectivity index (χ0n) is 11.2. The van der Waals surface area contributed by atoms with E-state index in [2.05, 4.69) is 10.3 Å². The summed E-state index contributed by atoms with van der Waals surface area (Å²) in [6.45, 7) is 0. The molecule has 1 aromatic heterocycles. The van der Waals surface area contributed by atoms with Crippen LogP contribution < -0.4 is 11.1 Å². The third-order valence-corrected chi connectivity index (χ3v) is 4.22. The number of carbonyl (C=O) groups is 1. The molecule has 2 rings (SSSR count). The van der Waals surface area contributed by atoms with Crippen molar-refractivity contribution < 1.29 is 9.18 Å². The number of aromatic nitrogens is 1. The van der Waals surface area contributed by atoms with Crippen LogP contribution in [-0.2, 0) is 4.79 Å². The van der Waals surface area contributed by atoms with Crippen molar-refractivity contribution in [2.45, 2.75) is 38.5 Å². The van der Waals surface area contributed by atoms with Crippen LogP contribution in [0.15, 0.2) is 18.3 Å². The molecule has 1 aliphatic rings. The van der Waals surface area contributed by atoms with E-state index in [0.717, 1.165) is 31.9 Å². The molecule has 1 saturated carbocycles. The van der Waals surface area contributed by atoms with Crippen molar-refractivity contribution in [3.63, 3.8) is 0 Å². The second-order valence-electron chi connectivity index (χ2n) is 5.18. The Hall–Kier alpha value is -1.56. The minimum absolute atomic E-state index is 0.231. The summed E-state index contributed by atoms with van der Waals surface area (Å²) >= 11 is 5.14. The standard InChI is InChI=1S/C14H18FN3OS/c15-10-5-6-11(17-9-10)18-13(19)14(12(16)20)7-3-1-2-4-8-14/h5-6,9H,1-4,7-8H2,(H2,16,20)(H,17,18,19). The quantitative estimate of drug-likeness (QED) is 0.664. The lowest BCUT2D eigenvalue weighted by molar-refractivity contribution is -0.122. The molecule has 0 spiro atoms. The summed E-state index contributed by atoms with van der Waals surface area (Å²) in [5.41, 5.74) is 5.04. The Kier molecular flexibility index (Phi) is 4.65. The second-order valence-corrected chi connectivity index (χ2v) is 5.62. The summed E-state index contributed by atoms with van der Waals surface area (Å²) in [4.78, 5) is 16.6. The maximum absolute atomic E-state index is 12.8. The van der Waals surface area contributed by atoms with Gasteiger partial charge in [0.2, 0.25) is 5.91 Å². The van der Waals surface area contributed by atoms with Gasteiger partial charge in [-0.2, -0.15) is 0 Å². The molecule has 0 radical (unpaired) electrons. The molecule has 6 heteroatoms. The molecule has 1 heterocycles. The average molecular weight is 295 g/mol. The fraction of sp³-hybridized carbons (Fsp3) is 0.500. The summed E-state index contributed by atoms with van der Waals surface area (Å²) in [6.07, 6.45) is 6.43. The van der Waals surface area contributed by atoms with Gasteiger partial charge >= 0.3 is 0 Å². The van der Waals surface area contributed by atoms with Crippen molar-refractivity contribution in [3.05, 3.63) is 24.1 Å². The highest BCUT2D eigenvalue weighted by Crippen LogP contribution is 2.36. The Morgan fingerprint density at radius 3 is 2.45 bits per heavy atom. The molecule has 1 amide bonds. The van der Waals surface area contributed by atoms with E-state index in [1.807, 2.05) is 0 Å².